The van der Waals surface area contributed by atoms with Crippen molar-refractivity contribution in [2.75, 3.05) is 13.2 Å². The smallest absolute Gasteiger partial charge is 0.161 e. The second-order valence-corrected chi connectivity index (χ2v) is 4.92. The first-order chi connectivity index (χ1) is 9.75. The maximum atomic E-state index is 10.5. The van der Waals surface area contributed by atoms with Crippen LogP contribution in [0.3, 0.4) is 0 Å². The Bertz CT molecular complexity index is 586. The van der Waals surface area contributed by atoms with Crippen molar-refractivity contribution < 1.29 is 14.6 Å². The zero-order chi connectivity index (χ0) is 13.9. The van der Waals surface area contributed by atoms with Crippen LogP contribution in [-0.2, 0) is 0 Å². The third-order valence-electron chi connectivity index (χ3n) is 3.61. The standard InChI is InChI=1S/C16H17NO3/c1-11(12-4-6-17-7-5-12)16(18)13-2-3-14-15(10-13)20-9-8-19-14/h2-7,10-11,16,18H,8-9H2,1H3. The van der Waals surface area contributed by atoms with Gasteiger partial charge in [0, 0.05) is 18.3 Å². The number of aromatic nitrogens is 1. The summed E-state index contributed by atoms with van der Waals surface area (Å²) in [6, 6.07) is 9.44. The van der Waals surface area contributed by atoms with Crippen LogP contribution in [0.2, 0.25) is 0 Å². The predicted molar refractivity (Wildman–Crippen MR) is 75.0 cm³/mol. The lowest BCUT2D eigenvalue weighted by Crippen LogP contribution is -2.16. The molecule has 4 heteroatoms. The molecule has 0 saturated heterocycles. The molecule has 0 spiro atoms. The monoisotopic (exact) mass is 271 g/mol. The lowest BCUT2D eigenvalue weighted by atomic mass is 9.91. The lowest BCUT2D eigenvalue weighted by Gasteiger charge is -2.23. The van der Waals surface area contributed by atoms with Crippen molar-refractivity contribution in [1.29, 1.82) is 0 Å². The minimum atomic E-state index is -0.590. The van der Waals surface area contributed by atoms with Crippen molar-refractivity contribution >= 4 is 0 Å². The van der Waals surface area contributed by atoms with Crippen molar-refractivity contribution in [3.63, 3.8) is 0 Å². The maximum absolute atomic E-state index is 10.5. The first-order valence-corrected chi connectivity index (χ1v) is 6.73. The van der Waals surface area contributed by atoms with Crippen LogP contribution >= 0.6 is 0 Å². The van der Waals surface area contributed by atoms with Crippen molar-refractivity contribution in [2.24, 2.45) is 0 Å². The van der Waals surface area contributed by atoms with Crippen molar-refractivity contribution in [3.05, 3.63) is 53.9 Å². The normalized spacial score (nSPS) is 16.5. The van der Waals surface area contributed by atoms with Crippen LogP contribution in [0.4, 0.5) is 0 Å². The second kappa shape index (κ2) is 5.51. The third-order valence-corrected chi connectivity index (χ3v) is 3.61. The second-order valence-electron chi connectivity index (χ2n) is 4.92. The van der Waals surface area contributed by atoms with Gasteiger partial charge in [-0.25, -0.2) is 0 Å². The van der Waals surface area contributed by atoms with Gasteiger partial charge in [0.15, 0.2) is 11.5 Å². The number of fused-ring (bicyclic) bond motifs is 1. The molecule has 0 amide bonds. The largest absolute Gasteiger partial charge is 0.486 e. The zero-order valence-corrected chi connectivity index (χ0v) is 11.3. The summed E-state index contributed by atoms with van der Waals surface area (Å²) in [5.74, 6) is 1.43. The third kappa shape index (κ3) is 2.47. The van der Waals surface area contributed by atoms with E-state index in [0.29, 0.717) is 19.0 Å². The molecular weight excluding hydrogens is 254 g/mol. The van der Waals surface area contributed by atoms with Gasteiger partial charge in [-0.05, 0) is 35.4 Å². The molecule has 1 N–H and O–H groups in total. The van der Waals surface area contributed by atoms with E-state index in [-0.39, 0.29) is 5.92 Å². The van der Waals surface area contributed by atoms with E-state index in [2.05, 4.69) is 4.98 Å². The van der Waals surface area contributed by atoms with Crippen molar-refractivity contribution in [2.45, 2.75) is 18.9 Å². The topological polar surface area (TPSA) is 51.6 Å². The molecule has 2 atom stereocenters. The Hall–Kier alpha value is -2.07. The number of rotatable bonds is 3. The number of ether oxygens (including phenoxy) is 2. The molecule has 1 aromatic carbocycles. The molecule has 1 aromatic heterocycles. The highest BCUT2D eigenvalue weighted by molar-refractivity contribution is 5.45. The van der Waals surface area contributed by atoms with Crippen LogP contribution in [0, 0.1) is 0 Å². The van der Waals surface area contributed by atoms with Gasteiger partial charge in [0.25, 0.3) is 0 Å². The molecule has 3 rings (SSSR count). The Morgan fingerprint density at radius 3 is 2.45 bits per heavy atom. The number of benzene rings is 1. The van der Waals surface area contributed by atoms with Crippen molar-refractivity contribution in [1.82, 2.24) is 4.98 Å². The highest BCUT2D eigenvalue weighted by Crippen LogP contribution is 2.36. The van der Waals surface area contributed by atoms with Gasteiger partial charge >= 0.3 is 0 Å². The molecule has 1 aliphatic rings. The van der Waals surface area contributed by atoms with Gasteiger partial charge in [0.1, 0.15) is 13.2 Å². The summed E-state index contributed by atoms with van der Waals surface area (Å²) < 4.78 is 11.0. The summed E-state index contributed by atoms with van der Waals surface area (Å²) >= 11 is 0. The molecule has 2 heterocycles. The molecule has 0 bridgehead atoms. The summed E-state index contributed by atoms with van der Waals surface area (Å²) in [6.45, 7) is 3.12. The van der Waals surface area contributed by atoms with Gasteiger partial charge in [-0.3, -0.25) is 4.98 Å². The van der Waals surface area contributed by atoms with Gasteiger partial charge in [0.2, 0.25) is 0 Å². The fourth-order valence-corrected chi connectivity index (χ4v) is 2.38. The van der Waals surface area contributed by atoms with E-state index in [4.69, 9.17) is 9.47 Å². The number of nitrogens with zero attached hydrogens (tertiary/aromatic N) is 1. The summed E-state index contributed by atoms with van der Waals surface area (Å²) in [6.07, 6.45) is 2.89. The summed E-state index contributed by atoms with van der Waals surface area (Å²) in [5, 5.41) is 10.5. The number of hydrogen-bond acceptors (Lipinski definition) is 4. The van der Waals surface area contributed by atoms with Gasteiger partial charge in [-0.15, -0.1) is 0 Å². The summed E-state index contributed by atoms with van der Waals surface area (Å²) in [5.41, 5.74) is 1.89. The van der Waals surface area contributed by atoms with E-state index in [1.165, 1.54) is 0 Å². The van der Waals surface area contributed by atoms with E-state index in [0.717, 1.165) is 16.9 Å². The minimum Gasteiger partial charge on any atom is -0.486 e. The van der Waals surface area contributed by atoms with Crippen LogP contribution in [0.5, 0.6) is 11.5 Å². The number of pyridine rings is 1. The highest BCUT2D eigenvalue weighted by atomic mass is 16.6. The maximum Gasteiger partial charge on any atom is 0.161 e. The van der Waals surface area contributed by atoms with E-state index < -0.39 is 6.10 Å². The fourth-order valence-electron chi connectivity index (χ4n) is 2.38. The molecule has 2 aromatic rings. The molecule has 2 unspecified atom stereocenters. The van der Waals surface area contributed by atoms with E-state index >= 15 is 0 Å². The van der Waals surface area contributed by atoms with Gasteiger partial charge in [-0.2, -0.15) is 0 Å². The molecular formula is C16H17NO3. The number of aliphatic hydroxyl groups is 1. The molecule has 0 aliphatic carbocycles. The SMILES string of the molecule is CC(c1ccncc1)C(O)c1ccc2c(c1)OCCO2. The molecule has 104 valence electrons. The molecule has 20 heavy (non-hydrogen) atoms. The average Bonchev–Trinajstić information content (AvgIpc) is 2.54. The van der Waals surface area contributed by atoms with Crippen LogP contribution in [0.25, 0.3) is 0 Å². The molecule has 0 saturated carbocycles. The Morgan fingerprint density at radius 1 is 1.00 bits per heavy atom. The van der Waals surface area contributed by atoms with Gasteiger partial charge in [-0.1, -0.05) is 13.0 Å². The van der Waals surface area contributed by atoms with Gasteiger partial charge in [0.05, 0.1) is 6.10 Å². The zero-order valence-electron chi connectivity index (χ0n) is 11.3. The molecule has 0 fully saturated rings. The first kappa shape index (κ1) is 12.9. The average molecular weight is 271 g/mol. The van der Waals surface area contributed by atoms with Crippen LogP contribution in [0.15, 0.2) is 42.7 Å². The summed E-state index contributed by atoms with van der Waals surface area (Å²) in [4.78, 5) is 4.00. The van der Waals surface area contributed by atoms with E-state index in [1.54, 1.807) is 12.4 Å². The van der Waals surface area contributed by atoms with E-state index in [1.807, 2.05) is 37.3 Å². The van der Waals surface area contributed by atoms with E-state index in [9.17, 15) is 5.11 Å². The molecule has 1 aliphatic heterocycles. The quantitative estimate of drug-likeness (QED) is 0.932. The number of hydrogen-bond donors (Lipinski definition) is 1. The van der Waals surface area contributed by atoms with Crippen LogP contribution in [0.1, 0.15) is 30.1 Å². The Morgan fingerprint density at radius 2 is 1.70 bits per heavy atom. The summed E-state index contributed by atoms with van der Waals surface area (Å²) in [7, 11) is 0. The van der Waals surface area contributed by atoms with Crippen LogP contribution in [-0.4, -0.2) is 23.3 Å². The Labute approximate surface area is 118 Å². The number of aliphatic hydroxyl groups excluding tert-OH is 1. The fraction of sp³-hybridized carbons (Fsp3) is 0.312. The molecule has 0 radical (unpaired) electrons. The van der Waals surface area contributed by atoms with Gasteiger partial charge < -0.3 is 14.6 Å². The predicted octanol–water partition coefficient (Wildman–Crippen LogP) is 2.69. The lowest BCUT2D eigenvalue weighted by molar-refractivity contribution is 0.147. The minimum absolute atomic E-state index is 0.0134. The van der Waals surface area contributed by atoms with Crippen LogP contribution < -0.4 is 9.47 Å². The highest BCUT2D eigenvalue weighted by Gasteiger charge is 2.21. The molecule has 4 nitrogen and oxygen atoms in total. The van der Waals surface area contributed by atoms with Crippen molar-refractivity contribution in [3.8, 4) is 11.5 Å². The first-order valence-electron chi connectivity index (χ1n) is 6.73. The Kier molecular flexibility index (Phi) is 3.56. The Balaban J connectivity index is 1.85.